The van der Waals surface area contributed by atoms with Gasteiger partial charge in [0.2, 0.25) is 11.7 Å². The highest BCUT2D eigenvalue weighted by atomic mass is 16.6. The molecule has 45 heavy (non-hydrogen) atoms. The summed E-state index contributed by atoms with van der Waals surface area (Å²) < 4.78 is 5.25. The molecule has 2 aromatic carbocycles. The van der Waals surface area contributed by atoms with Crippen molar-refractivity contribution in [2.75, 3.05) is 19.1 Å². The van der Waals surface area contributed by atoms with Gasteiger partial charge in [-0.25, -0.2) is 15.2 Å². The molecule has 5 rings (SSSR count). The lowest BCUT2D eigenvalue weighted by Gasteiger charge is -2.50. The van der Waals surface area contributed by atoms with Crippen molar-refractivity contribution < 1.29 is 49.1 Å². The Bertz CT molecular complexity index is 1700. The van der Waals surface area contributed by atoms with Crippen LogP contribution in [0.4, 0.5) is 10.5 Å². The summed E-state index contributed by atoms with van der Waals surface area (Å²) in [5.74, 6) is -8.59. The van der Waals surface area contributed by atoms with Gasteiger partial charge in [-0.2, -0.15) is 0 Å². The number of phenols is 1. The predicted molar refractivity (Wildman–Crippen MR) is 157 cm³/mol. The SMILES string of the molecule is CC(=O)N(NC(=O)OCc1ccccc1)c1ccc(O)c2c1CC1CC3[C@H](N(C)C)C(=O)C(C(N)=O)=C(O)[C@@]3(O)C(=O)C1=C2O. The maximum Gasteiger partial charge on any atom is 0.426 e. The Balaban J connectivity index is 1.57. The fourth-order valence-corrected chi connectivity index (χ4v) is 6.59. The topological polar surface area (TPSA) is 220 Å². The first kappa shape index (κ1) is 31.2. The molecule has 14 nitrogen and oxygen atoms in total. The summed E-state index contributed by atoms with van der Waals surface area (Å²) >= 11 is 0. The van der Waals surface area contributed by atoms with Crippen LogP contribution >= 0.6 is 0 Å². The quantitative estimate of drug-likeness (QED) is 0.206. The van der Waals surface area contributed by atoms with Crippen LogP contribution < -0.4 is 16.2 Å². The molecule has 0 radical (unpaired) electrons. The van der Waals surface area contributed by atoms with Crippen LogP contribution in [0.25, 0.3) is 5.76 Å². The van der Waals surface area contributed by atoms with Crippen LogP contribution in [-0.2, 0) is 36.9 Å². The van der Waals surface area contributed by atoms with Gasteiger partial charge in [0.05, 0.1) is 17.3 Å². The number of nitrogens with zero attached hydrogens (tertiary/aromatic N) is 2. The molecule has 2 aromatic rings. The van der Waals surface area contributed by atoms with E-state index in [1.54, 1.807) is 30.3 Å². The normalized spacial score (nSPS) is 24.1. The third kappa shape index (κ3) is 4.97. The molecule has 2 unspecified atom stereocenters. The molecule has 7 N–H and O–H groups in total. The van der Waals surface area contributed by atoms with Crippen LogP contribution in [0.2, 0.25) is 0 Å². The summed E-state index contributed by atoms with van der Waals surface area (Å²) in [5, 5.41) is 45.8. The number of carbonyl (C=O) groups excluding carboxylic acids is 5. The standard InChI is InChI=1S/C31H32N4O10/c1-14(36)35(33-30(43)45-13-15-7-5-4-6-8-15)19-9-10-20(37)22-17(19)11-16-12-18-24(34(2)3)26(39)23(29(32)42)28(41)31(18,44)27(40)21(16)25(22)38/h4-10,16,18,24,37-38,41,44H,11-13H2,1-3H3,(H2,32,42)(H,33,43)/t16?,18?,24-,31-/m0/s1. The summed E-state index contributed by atoms with van der Waals surface area (Å²) in [6, 6.07) is 10.1. The van der Waals surface area contributed by atoms with Crippen LogP contribution in [0.3, 0.4) is 0 Å². The highest BCUT2D eigenvalue weighted by Gasteiger charge is 2.64. The lowest BCUT2D eigenvalue weighted by Crippen LogP contribution is -2.65. The Labute approximate surface area is 257 Å². The number of nitrogens with one attached hydrogen (secondary N) is 1. The number of nitrogens with two attached hydrogens (primary N) is 1. The van der Waals surface area contributed by atoms with Gasteiger partial charge in [-0.05, 0) is 56.1 Å². The van der Waals surface area contributed by atoms with Crippen LogP contribution in [-0.4, -0.2) is 80.5 Å². The number of benzene rings is 2. The third-order valence-electron chi connectivity index (χ3n) is 8.55. The average Bonchev–Trinajstić information content (AvgIpc) is 2.97. The molecule has 0 heterocycles. The van der Waals surface area contributed by atoms with E-state index in [0.29, 0.717) is 5.56 Å². The number of rotatable bonds is 5. The predicted octanol–water partition coefficient (Wildman–Crippen LogP) is 1.16. The van der Waals surface area contributed by atoms with Crippen LogP contribution in [0.15, 0.2) is 59.4 Å². The van der Waals surface area contributed by atoms with Crippen molar-refractivity contribution >= 4 is 40.9 Å². The molecule has 0 bridgehead atoms. The number of hydrogen-bond acceptors (Lipinski definition) is 11. The van der Waals surface area contributed by atoms with E-state index in [4.69, 9.17) is 10.5 Å². The van der Waals surface area contributed by atoms with Gasteiger partial charge < -0.3 is 30.9 Å². The molecule has 3 aliphatic rings. The zero-order chi connectivity index (χ0) is 33.0. The van der Waals surface area contributed by atoms with E-state index < -0.39 is 75.8 Å². The van der Waals surface area contributed by atoms with Crippen LogP contribution in [0.1, 0.15) is 30.0 Å². The number of fused-ring (bicyclic) bond motifs is 3. The lowest BCUT2D eigenvalue weighted by atomic mass is 9.57. The second kappa shape index (κ2) is 11.4. The molecular weight excluding hydrogens is 588 g/mol. The van der Waals surface area contributed by atoms with E-state index in [-0.39, 0.29) is 41.8 Å². The Morgan fingerprint density at radius 2 is 1.73 bits per heavy atom. The van der Waals surface area contributed by atoms with Gasteiger partial charge in [0, 0.05) is 18.4 Å². The van der Waals surface area contributed by atoms with Gasteiger partial charge >= 0.3 is 6.09 Å². The zero-order valence-corrected chi connectivity index (χ0v) is 24.6. The first-order valence-electron chi connectivity index (χ1n) is 14.0. The third-order valence-corrected chi connectivity index (χ3v) is 8.55. The smallest absolute Gasteiger partial charge is 0.426 e. The molecule has 0 aliphatic heterocycles. The monoisotopic (exact) mass is 620 g/mol. The Hall–Kier alpha value is -5.21. The first-order valence-corrected chi connectivity index (χ1v) is 14.0. The second-order valence-electron chi connectivity index (χ2n) is 11.4. The molecular formula is C31H32N4O10. The van der Waals surface area contributed by atoms with Gasteiger partial charge in [0.1, 0.15) is 29.4 Å². The van der Waals surface area contributed by atoms with Gasteiger partial charge in [-0.15, -0.1) is 0 Å². The number of carbonyl (C=O) groups is 5. The number of hydrazine groups is 1. The summed E-state index contributed by atoms with van der Waals surface area (Å²) in [7, 11) is 2.99. The van der Waals surface area contributed by atoms with E-state index in [9.17, 15) is 44.4 Å². The van der Waals surface area contributed by atoms with Gasteiger partial charge in [0.15, 0.2) is 11.4 Å². The first-order chi connectivity index (χ1) is 21.2. The zero-order valence-electron chi connectivity index (χ0n) is 24.6. The molecule has 14 heteroatoms. The van der Waals surface area contributed by atoms with E-state index in [1.807, 2.05) is 0 Å². The minimum Gasteiger partial charge on any atom is -0.508 e. The average molecular weight is 621 g/mol. The molecule has 0 spiro atoms. The fraction of sp³-hybridized carbons (Fsp3) is 0.323. The Morgan fingerprint density at radius 3 is 2.33 bits per heavy atom. The summed E-state index contributed by atoms with van der Waals surface area (Å²) in [6.07, 6.45) is -1.21. The highest BCUT2D eigenvalue weighted by molar-refractivity contribution is 6.24. The summed E-state index contributed by atoms with van der Waals surface area (Å²) in [5.41, 5.74) is 4.38. The number of aliphatic hydroxyl groups excluding tert-OH is 2. The van der Waals surface area contributed by atoms with Crippen molar-refractivity contribution in [3.05, 3.63) is 76.1 Å². The Morgan fingerprint density at radius 1 is 1.07 bits per heavy atom. The number of aliphatic hydroxyl groups is 3. The van der Waals surface area contributed by atoms with Crippen LogP contribution in [0, 0.1) is 11.8 Å². The van der Waals surface area contributed by atoms with Crippen LogP contribution in [0.5, 0.6) is 5.75 Å². The number of aromatic hydroxyl groups is 1. The fourth-order valence-electron chi connectivity index (χ4n) is 6.59. The van der Waals surface area contributed by atoms with E-state index in [0.717, 1.165) is 11.1 Å². The molecule has 1 saturated carbocycles. The molecule has 4 atom stereocenters. The summed E-state index contributed by atoms with van der Waals surface area (Å²) in [6.45, 7) is 1.09. The number of ether oxygens (including phenoxy) is 1. The number of amides is 3. The minimum absolute atomic E-state index is 0.0634. The van der Waals surface area contributed by atoms with Gasteiger partial charge in [-0.3, -0.25) is 24.1 Å². The molecule has 0 aromatic heterocycles. The number of anilines is 1. The van der Waals surface area contributed by atoms with Crippen molar-refractivity contribution in [3.8, 4) is 5.75 Å². The molecule has 1 fully saturated rings. The Kier molecular flexibility index (Phi) is 7.89. The van der Waals surface area contributed by atoms with E-state index in [1.165, 1.54) is 32.0 Å². The van der Waals surface area contributed by atoms with Crippen molar-refractivity contribution in [2.45, 2.75) is 38.0 Å². The maximum absolute atomic E-state index is 14.0. The largest absolute Gasteiger partial charge is 0.508 e. The van der Waals surface area contributed by atoms with E-state index >= 15 is 0 Å². The lowest BCUT2D eigenvalue weighted by molar-refractivity contribution is -0.153. The number of ketones is 2. The number of Topliss-reactive ketones (excluding diaryl/α,β-unsaturated/α-hetero) is 2. The molecule has 236 valence electrons. The minimum atomic E-state index is -2.78. The van der Waals surface area contributed by atoms with E-state index in [2.05, 4.69) is 5.43 Å². The number of primary amides is 1. The van der Waals surface area contributed by atoms with Crippen molar-refractivity contribution in [2.24, 2.45) is 17.6 Å². The van der Waals surface area contributed by atoms with Crippen molar-refractivity contribution in [1.29, 1.82) is 0 Å². The van der Waals surface area contributed by atoms with Gasteiger partial charge in [-0.1, -0.05) is 30.3 Å². The molecule has 3 amide bonds. The number of hydrogen-bond donors (Lipinski definition) is 6. The van der Waals surface area contributed by atoms with Crippen molar-refractivity contribution in [1.82, 2.24) is 10.3 Å². The second-order valence-corrected chi connectivity index (χ2v) is 11.4. The summed E-state index contributed by atoms with van der Waals surface area (Å²) in [4.78, 5) is 66.3. The molecule has 0 saturated heterocycles. The van der Waals surface area contributed by atoms with Crippen molar-refractivity contribution in [3.63, 3.8) is 0 Å². The molecule has 3 aliphatic carbocycles. The highest BCUT2D eigenvalue weighted by Crippen LogP contribution is 2.53. The number of phenolic OH excluding ortho intramolecular Hbond substituents is 1. The maximum atomic E-state index is 14.0. The number of likely N-dealkylation sites (N-methyl/N-ethyl adjacent to an activating group) is 1. The van der Waals surface area contributed by atoms with Gasteiger partial charge in [0.25, 0.3) is 5.91 Å².